The van der Waals surface area contributed by atoms with E-state index in [0.717, 1.165) is 45.1 Å². The van der Waals surface area contributed by atoms with E-state index in [2.05, 4.69) is 27.7 Å². The molecule has 0 aromatic rings. The second-order valence-electron chi connectivity index (χ2n) is 12.4. The molecular formula is C27H38O4. The quantitative estimate of drug-likeness (QED) is 0.541. The van der Waals surface area contributed by atoms with Crippen LogP contribution in [0.15, 0.2) is 11.6 Å². The maximum absolute atomic E-state index is 14.0. The van der Waals surface area contributed by atoms with Gasteiger partial charge in [-0.05, 0) is 67.3 Å². The maximum Gasteiger partial charge on any atom is 0.171 e. The van der Waals surface area contributed by atoms with E-state index >= 15 is 0 Å². The van der Waals surface area contributed by atoms with Gasteiger partial charge in [0.05, 0.1) is 12.7 Å². The van der Waals surface area contributed by atoms with Crippen molar-refractivity contribution in [1.82, 2.24) is 0 Å². The number of fused-ring (bicyclic) bond motifs is 7. The van der Waals surface area contributed by atoms with E-state index in [1.54, 1.807) is 0 Å². The number of carbonyl (C=O) groups is 2. The fourth-order valence-corrected chi connectivity index (χ4v) is 9.26. The van der Waals surface area contributed by atoms with Gasteiger partial charge in [0.15, 0.2) is 11.6 Å². The number of ketones is 2. The number of ether oxygens (including phenoxy) is 2. The second kappa shape index (κ2) is 6.53. The van der Waals surface area contributed by atoms with Gasteiger partial charge in [-0.25, -0.2) is 0 Å². The predicted molar refractivity (Wildman–Crippen MR) is 117 cm³/mol. The summed E-state index contributed by atoms with van der Waals surface area (Å²) in [5, 5.41) is 0. The summed E-state index contributed by atoms with van der Waals surface area (Å²) in [4.78, 5) is 26.0. The Kier molecular flexibility index (Phi) is 4.34. The summed E-state index contributed by atoms with van der Waals surface area (Å²) in [5.41, 5.74) is 1.07. The van der Waals surface area contributed by atoms with Crippen LogP contribution in [0.25, 0.3) is 0 Å². The molecule has 6 aliphatic rings. The lowest BCUT2D eigenvalue weighted by Gasteiger charge is -2.57. The number of allylic oxidation sites excluding steroid dienone is 1. The Labute approximate surface area is 186 Å². The molecule has 31 heavy (non-hydrogen) atoms. The number of carbonyl (C=O) groups excluding carboxylic acids is 2. The highest BCUT2D eigenvalue weighted by molar-refractivity contribution is 5.92. The van der Waals surface area contributed by atoms with Crippen molar-refractivity contribution < 1.29 is 19.1 Å². The van der Waals surface area contributed by atoms with E-state index in [4.69, 9.17) is 9.47 Å². The first-order valence-electron chi connectivity index (χ1n) is 12.8. The molecule has 5 fully saturated rings. The predicted octanol–water partition coefficient (Wildman–Crippen LogP) is 5.10. The van der Waals surface area contributed by atoms with Gasteiger partial charge < -0.3 is 9.47 Å². The minimum absolute atomic E-state index is 0.0296. The smallest absolute Gasteiger partial charge is 0.171 e. The number of hydrogen-bond donors (Lipinski definition) is 0. The molecule has 4 aliphatic carbocycles. The number of rotatable bonds is 0. The Morgan fingerprint density at radius 1 is 1.03 bits per heavy atom. The molecule has 0 bridgehead atoms. The van der Waals surface area contributed by atoms with Crippen LogP contribution in [0, 0.1) is 46.3 Å². The highest BCUT2D eigenvalue weighted by Crippen LogP contribution is 2.69. The van der Waals surface area contributed by atoms with Gasteiger partial charge in [0.25, 0.3) is 0 Å². The molecule has 4 nitrogen and oxygen atoms in total. The Morgan fingerprint density at radius 3 is 2.58 bits per heavy atom. The lowest BCUT2D eigenvalue weighted by molar-refractivity contribution is -0.272. The maximum atomic E-state index is 14.0. The topological polar surface area (TPSA) is 52.6 Å². The molecule has 7 unspecified atom stereocenters. The minimum Gasteiger partial charge on any atom is -0.349 e. The molecule has 1 spiro atoms. The van der Waals surface area contributed by atoms with E-state index in [-0.39, 0.29) is 34.6 Å². The van der Waals surface area contributed by atoms with Crippen LogP contribution in [0.3, 0.4) is 0 Å². The highest BCUT2D eigenvalue weighted by atomic mass is 16.7. The van der Waals surface area contributed by atoms with Crippen molar-refractivity contribution in [2.24, 2.45) is 46.3 Å². The molecule has 4 heteroatoms. The summed E-state index contributed by atoms with van der Waals surface area (Å²) >= 11 is 0. The Morgan fingerprint density at radius 2 is 1.84 bits per heavy atom. The minimum atomic E-state index is -0.467. The summed E-state index contributed by atoms with van der Waals surface area (Å²) in [7, 11) is 0. The Bertz CT molecular complexity index is 851. The molecular weight excluding hydrogens is 388 g/mol. The second-order valence-corrected chi connectivity index (χ2v) is 12.4. The molecule has 0 amide bonds. The molecule has 0 N–H and O–H groups in total. The molecule has 0 aromatic heterocycles. The van der Waals surface area contributed by atoms with Crippen molar-refractivity contribution in [2.75, 3.05) is 6.61 Å². The first-order valence-corrected chi connectivity index (χ1v) is 12.8. The van der Waals surface area contributed by atoms with Crippen LogP contribution in [-0.2, 0) is 19.1 Å². The molecule has 2 aliphatic heterocycles. The Hall–Kier alpha value is -1.00. The monoisotopic (exact) mass is 426 g/mol. The van der Waals surface area contributed by atoms with Crippen LogP contribution >= 0.6 is 0 Å². The summed E-state index contributed by atoms with van der Waals surface area (Å²) in [6.07, 6.45) is 9.59. The van der Waals surface area contributed by atoms with Crippen LogP contribution in [0.5, 0.6) is 0 Å². The van der Waals surface area contributed by atoms with Crippen molar-refractivity contribution in [1.29, 1.82) is 0 Å². The van der Waals surface area contributed by atoms with Gasteiger partial charge in [0.1, 0.15) is 5.78 Å². The fraction of sp³-hybridized carbons (Fsp3) is 0.852. The summed E-state index contributed by atoms with van der Waals surface area (Å²) in [6, 6.07) is 0. The van der Waals surface area contributed by atoms with Crippen molar-refractivity contribution in [3.63, 3.8) is 0 Å². The molecule has 6 rings (SSSR count). The van der Waals surface area contributed by atoms with E-state index in [9.17, 15) is 9.59 Å². The fourth-order valence-electron chi connectivity index (χ4n) is 9.26. The van der Waals surface area contributed by atoms with Gasteiger partial charge in [0, 0.05) is 36.5 Å². The first kappa shape index (κ1) is 20.6. The molecule has 0 radical (unpaired) electrons. The number of hydrogen-bond acceptors (Lipinski definition) is 4. The zero-order valence-electron chi connectivity index (χ0n) is 19.6. The van der Waals surface area contributed by atoms with Crippen molar-refractivity contribution in [3.05, 3.63) is 11.6 Å². The average Bonchev–Trinajstić information content (AvgIpc) is 3.18. The van der Waals surface area contributed by atoms with E-state index in [1.807, 2.05) is 6.08 Å². The molecule has 0 aromatic carbocycles. The molecule has 3 saturated carbocycles. The summed E-state index contributed by atoms with van der Waals surface area (Å²) < 4.78 is 13.2. The third-order valence-electron chi connectivity index (χ3n) is 11.1. The third-order valence-corrected chi connectivity index (χ3v) is 11.1. The molecule has 2 saturated heterocycles. The van der Waals surface area contributed by atoms with Crippen molar-refractivity contribution in [2.45, 2.75) is 91.0 Å². The van der Waals surface area contributed by atoms with Crippen LogP contribution < -0.4 is 0 Å². The molecule has 10 atom stereocenters. The van der Waals surface area contributed by atoms with Gasteiger partial charge >= 0.3 is 0 Å². The molecule has 170 valence electrons. The van der Waals surface area contributed by atoms with Gasteiger partial charge in [-0.2, -0.15) is 0 Å². The van der Waals surface area contributed by atoms with Gasteiger partial charge in [-0.1, -0.05) is 33.3 Å². The van der Waals surface area contributed by atoms with E-state index in [1.165, 1.54) is 5.57 Å². The van der Waals surface area contributed by atoms with Crippen LogP contribution in [0.2, 0.25) is 0 Å². The van der Waals surface area contributed by atoms with Crippen LogP contribution in [-0.4, -0.2) is 30.1 Å². The molecule has 2 heterocycles. The SMILES string of the molecule is CC1C2C(CC3C4CCC5=CC(=O)CC[C@]5(C)C4CC(=O)[C@@]32C)OC12CC[C@@H](C)CO2. The van der Waals surface area contributed by atoms with Crippen molar-refractivity contribution >= 4 is 11.6 Å². The largest absolute Gasteiger partial charge is 0.349 e. The normalized spacial score (nSPS) is 56.0. The van der Waals surface area contributed by atoms with Gasteiger partial charge in [0.2, 0.25) is 0 Å². The standard InChI is InChI=1S/C27H38O4/c1-15-7-10-27(30-14-15)16(2)24-22(31-27)12-21-19-6-5-17-11-18(28)8-9-25(17,3)20(19)13-23(29)26(21,24)4/h11,15-16,19-22,24H,5-10,12-14H2,1-4H3/t15-,16?,19?,20?,21?,22?,24?,25+,26-,27?/m1/s1. The summed E-state index contributed by atoms with van der Waals surface area (Å²) in [6.45, 7) is 9.95. The zero-order valence-corrected chi connectivity index (χ0v) is 19.6. The van der Waals surface area contributed by atoms with Gasteiger partial charge in [-0.15, -0.1) is 0 Å². The van der Waals surface area contributed by atoms with Crippen molar-refractivity contribution in [3.8, 4) is 0 Å². The highest BCUT2D eigenvalue weighted by Gasteiger charge is 2.71. The Balaban J connectivity index is 1.33. The van der Waals surface area contributed by atoms with E-state index in [0.29, 0.717) is 42.3 Å². The first-order chi connectivity index (χ1) is 14.7. The lowest BCUT2D eigenvalue weighted by Crippen LogP contribution is -2.56. The van der Waals surface area contributed by atoms with Crippen LogP contribution in [0.1, 0.15) is 79.1 Å². The lowest BCUT2D eigenvalue weighted by atomic mass is 9.46. The average molecular weight is 427 g/mol. The van der Waals surface area contributed by atoms with E-state index < -0.39 is 5.79 Å². The van der Waals surface area contributed by atoms with Gasteiger partial charge in [-0.3, -0.25) is 9.59 Å². The third kappa shape index (κ3) is 2.55. The summed E-state index contributed by atoms with van der Waals surface area (Å²) in [5.74, 6) is 2.78. The van der Waals surface area contributed by atoms with Crippen LogP contribution in [0.4, 0.5) is 0 Å². The zero-order chi connectivity index (χ0) is 21.8. The number of Topliss-reactive ketones (excluding diaryl/α,β-unsaturated/α-hetero) is 1.